The number of hydrogen-bond donors (Lipinski definition) is 1. The van der Waals surface area contributed by atoms with Gasteiger partial charge in [0.2, 0.25) is 0 Å². The normalized spacial score (nSPS) is 11.5. The summed E-state index contributed by atoms with van der Waals surface area (Å²) in [5.74, 6) is 0.0200. The monoisotopic (exact) mass is 211 g/mol. The van der Waals surface area contributed by atoms with Gasteiger partial charge in [0.1, 0.15) is 0 Å². The molecule has 2 N–H and O–H groups in total. The Kier molecular flexibility index (Phi) is 3.69. The first-order valence-corrected chi connectivity index (χ1v) is 5.04. The van der Waals surface area contributed by atoms with Crippen molar-refractivity contribution in [3.63, 3.8) is 0 Å². The third kappa shape index (κ3) is 3.51. The molecule has 1 aromatic carbocycles. The van der Waals surface area contributed by atoms with Crippen LogP contribution in [0.3, 0.4) is 0 Å². The van der Waals surface area contributed by atoms with Crippen LogP contribution in [0.1, 0.15) is 25.8 Å². The summed E-state index contributed by atoms with van der Waals surface area (Å²) < 4.78 is 18.3. The first-order chi connectivity index (χ1) is 6.94. The van der Waals surface area contributed by atoms with Crippen LogP contribution in [0.5, 0.6) is 5.75 Å². The minimum atomic E-state index is -0.315. The molecule has 0 unspecified atom stereocenters. The van der Waals surface area contributed by atoms with E-state index in [0.29, 0.717) is 5.75 Å². The average molecular weight is 211 g/mol. The fraction of sp³-hybridized carbons (Fsp3) is 0.500. The van der Waals surface area contributed by atoms with E-state index in [-0.39, 0.29) is 11.4 Å². The Balaban J connectivity index is 2.81. The van der Waals surface area contributed by atoms with Crippen molar-refractivity contribution in [1.82, 2.24) is 0 Å². The van der Waals surface area contributed by atoms with Crippen molar-refractivity contribution in [3.8, 4) is 5.75 Å². The van der Waals surface area contributed by atoms with Gasteiger partial charge >= 0.3 is 0 Å². The molecule has 2 nitrogen and oxygen atoms in total. The van der Waals surface area contributed by atoms with Crippen LogP contribution in [-0.2, 0) is 6.42 Å². The van der Waals surface area contributed by atoms with Crippen molar-refractivity contribution in [2.45, 2.75) is 32.2 Å². The number of nitrogens with two attached hydrogens (primary N) is 1. The lowest BCUT2D eigenvalue weighted by Crippen LogP contribution is -2.32. The summed E-state index contributed by atoms with van der Waals surface area (Å²) in [5, 5.41) is 0. The van der Waals surface area contributed by atoms with Crippen LogP contribution in [0.2, 0.25) is 0 Å². The first kappa shape index (κ1) is 12.0. The van der Waals surface area contributed by atoms with E-state index in [1.807, 2.05) is 19.9 Å². The Labute approximate surface area is 90.2 Å². The molecule has 1 aromatic rings. The summed E-state index contributed by atoms with van der Waals surface area (Å²) in [5.41, 5.74) is 6.51. The predicted octanol–water partition coefficient (Wildman–Crippen LogP) is 2.50. The van der Waals surface area contributed by atoms with Crippen molar-refractivity contribution in [2.24, 2.45) is 5.73 Å². The quantitative estimate of drug-likeness (QED) is 0.830. The summed E-state index contributed by atoms with van der Waals surface area (Å²) in [7, 11) is 1.48. The fourth-order valence-electron chi connectivity index (χ4n) is 1.44. The van der Waals surface area contributed by atoms with Crippen molar-refractivity contribution in [1.29, 1.82) is 0 Å². The zero-order chi connectivity index (χ0) is 11.5. The van der Waals surface area contributed by atoms with Gasteiger partial charge in [0, 0.05) is 5.54 Å². The number of rotatable bonds is 4. The molecule has 3 heteroatoms. The van der Waals surface area contributed by atoms with Gasteiger partial charge in [0.15, 0.2) is 11.6 Å². The standard InChI is InChI=1S/C12H18FNO/c1-12(2,14)8-7-9-5-4-6-10(13)11(9)15-3/h4-6H,7-8,14H2,1-3H3. The average Bonchev–Trinajstić information content (AvgIpc) is 2.13. The summed E-state index contributed by atoms with van der Waals surface area (Å²) in [6, 6.07) is 4.96. The molecule has 0 amide bonds. The molecule has 0 aromatic heterocycles. The van der Waals surface area contributed by atoms with E-state index in [4.69, 9.17) is 10.5 Å². The van der Waals surface area contributed by atoms with Gasteiger partial charge in [-0.3, -0.25) is 0 Å². The summed E-state index contributed by atoms with van der Waals surface area (Å²) >= 11 is 0. The van der Waals surface area contributed by atoms with Crippen LogP contribution >= 0.6 is 0 Å². The number of ether oxygens (including phenoxy) is 1. The molecule has 0 atom stereocenters. The van der Waals surface area contributed by atoms with Crippen LogP contribution in [0.4, 0.5) is 4.39 Å². The lowest BCUT2D eigenvalue weighted by atomic mass is 9.96. The van der Waals surface area contributed by atoms with E-state index in [2.05, 4.69) is 0 Å². The van der Waals surface area contributed by atoms with Gasteiger partial charge in [-0.2, -0.15) is 0 Å². The van der Waals surface area contributed by atoms with E-state index in [1.165, 1.54) is 13.2 Å². The molecule has 1 rings (SSSR count). The van der Waals surface area contributed by atoms with Crippen LogP contribution in [-0.4, -0.2) is 12.6 Å². The topological polar surface area (TPSA) is 35.2 Å². The third-order valence-electron chi connectivity index (χ3n) is 2.29. The molecule has 15 heavy (non-hydrogen) atoms. The molecule has 0 saturated carbocycles. The molecule has 84 valence electrons. The van der Waals surface area contributed by atoms with Gasteiger partial charge in [0.25, 0.3) is 0 Å². The minimum absolute atomic E-state index is 0.239. The van der Waals surface area contributed by atoms with Gasteiger partial charge in [0.05, 0.1) is 7.11 Å². The molecule has 0 spiro atoms. The Morgan fingerprint density at radius 1 is 1.40 bits per heavy atom. The Morgan fingerprint density at radius 2 is 2.07 bits per heavy atom. The van der Waals surface area contributed by atoms with Crippen LogP contribution in [0.25, 0.3) is 0 Å². The van der Waals surface area contributed by atoms with Crippen molar-refractivity contribution < 1.29 is 9.13 Å². The zero-order valence-electron chi connectivity index (χ0n) is 9.51. The van der Waals surface area contributed by atoms with Gasteiger partial charge in [-0.15, -0.1) is 0 Å². The van der Waals surface area contributed by atoms with Crippen molar-refractivity contribution in [2.75, 3.05) is 7.11 Å². The van der Waals surface area contributed by atoms with E-state index in [0.717, 1.165) is 18.4 Å². The third-order valence-corrected chi connectivity index (χ3v) is 2.29. The smallest absolute Gasteiger partial charge is 0.165 e. The lowest BCUT2D eigenvalue weighted by Gasteiger charge is -2.19. The summed E-state index contributed by atoms with van der Waals surface area (Å²) in [6.07, 6.45) is 1.53. The molecule has 0 radical (unpaired) electrons. The number of halogens is 1. The van der Waals surface area contributed by atoms with Gasteiger partial charge in [-0.25, -0.2) is 4.39 Å². The van der Waals surface area contributed by atoms with E-state index < -0.39 is 0 Å². The number of hydrogen-bond acceptors (Lipinski definition) is 2. The zero-order valence-corrected chi connectivity index (χ0v) is 9.51. The minimum Gasteiger partial charge on any atom is -0.493 e. The maximum Gasteiger partial charge on any atom is 0.165 e. The lowest BCUT2D eigenvalue weighted by molar-refractivity contribution is 0.377. The van der Waals surface area contributed by atoms with Gasteiger partial charge < -0.3 is 10.5 Å². The van der Waals surface area contributed by atoms with Crippen molar-refractivity contribution in [3.05, 3.63) is 29.6 Å². The molecule has 0 aliphatic rings. The molecule has 0 bridgehead atoms. The largest absolute Gasteiger partial charge is 0.493 e. The number of methoxy groups -OCH3 is 1. The second-order valence-corrected chi connectivity index (χ2v) is 4.42. The number of para-hydroxylation sites is 1. The summed E-state index contributed by atoms with van der Waals surface area (Å²) in [4.78, 5) is 0. The van der Waals surface area contributed by atoms with E-state index in [9.17, 15) is 4.39 Å². The molecule has 0 aliphatic heterocycles. The van der Waals surface area contributed by atoms with Gasteiger partial charge in [-0.05, 0) is 38.3 Å². The molecule has 0 saturated heterocycles. The first-order valence-electron chi connectivity index (χ1n) is 5.04. The number of aryl methyl sites for hydroxylation is 1. The Morgan fingerprint density at radius 3 is 2.60 bits per heavy atom. The predicted molar refractivity (Wildman–Crippen MR) is 59.5 cm³/mol. The highest BCUT2D eigenvalue weighted by atomic mass is 19.1. The highest BCUT2D eigenvalue weighted by molar-refractivity contribution is 5.35. The molecular weight excluding hydrogens is 193 g/mol. The fourth-order valence-corrected chi connectivity index (χ4v) is 1.44. The van der Waals surface area contributed by atoms with E-state index >= 15 is 0 Å². The highest BCUT2D eigenvalue weighted by Gasteiger charge is 2.14. The molecular formula is C12H18FNO. The van der Waals surface area contributed by atoms with E-state index in [1.54, 1.807) is 6.07 Å². The van der Waals surface area contributed by atoms with Crippen LogP contribution < -0.4 is 10.5 Å². The van der Waals surface area contributed by atoms with Crippen LogP contribution in [0.15, 0.2) is 18.2 Å². The van der Waals surface area contributed by atoms with Gasteiger partial charge in [-0.1, -0.05) is 12.1 Å². The second-order valence-electron chi connectivity index (χ2n) is 4.42. The summed E-state index contributed by atoms with van der Waals surface area (Å²) in [6.45, 7) is 3.91. The van der Waals surface area contributed by atoms with Crippen molar-refractivity contribution >= 4 is 0 Å². The Hall–Kier alpha value is -1.09. The molecule has 0 fully saturated rings. The number of benzene rings is 1. The highest BCUT2D eigenvalue weighted by Crippen LogP contribution is 2.24. The second kappa shape index (κ2) is 4.62. The maximum absolute atomic E-state index is 13.3. The SMILES string of the molecule is COc1c(F)cccc1CCC(C)(C)N. The Bertz CT molecular complexity index is 331. The van der Waals surface area contributed by atoms with Crippen LogP contribution in [0, 0.1) is 5.82 Å². The molecule has 0 heterocycles. The maximum atomic E-state index is 13.3. The molecule has 0 aliphatic carbocycles.